The summed E-state index contributed by atoms with van der Waals surface area (Å²) in [4.78, 5) is 0. The maximum atomic E-state index is 9.33. The van der Waals surface area contributed by atoms with Gasteiger partial charge >= 0.3 is 0 Å². The van der Waals surface area contributed by atoms with Gasteiger partial charge in [0.25, 0.3) is 0 Å². The van der Waals surface area contributed by atoms with Crippen molar-refractivity contribution in [3.63, 3.8) is 0 Å². The van der Waals surface area contributed by atoms with Gasteiger partial charge in [-0.3, -0.25) is 5.73 Å². The molecule has 1 heterocycles. The van der Waals surface area contributed by atoms with E-state index >= 15 is 0 Å². The summed E-state index contributed by atoms with van der Waals surface area (Å²) < 4.78 is 9.49. The van der Waals surface area contributed by atoms with Gasteiger partial charge in [-0.15, -0.1) is 0 Å². The third-order valence-corrected chi connectivity index (χ3v) is 1.92. The van der Waals surface area contributed by atoms with Crippen LogP contribution >= 0.6 is 0 Å². The molecule has 0 aromatic carbocycles. The van der Waals surface area contributed by atoms with Crippen molar-refractivity contribution in [2.45, 2.75) is 24.2 Å². The van der Waals surface area contributed by atoms with Gasteiger partial charge in [0.1, 0.15) is 12.2 Å². The predicted molar refractivity (Wildman–Crippen MR) is 37.9 cm³/mol. The van der Waals surface area contributed by atoms with E-state index < -0.39 is 24.2 Å². The SMILES string of the molecule is CO[C@H]1OC[C@@H](O)[C@](N)(O)[C@H]1O. The average molecular weight is 179 g/mol. The maximum absolute atomic E-state index is 9.33. The molecule has 1 rings (SSSR count). The largest absolute Gasteiger partial charge is 0.386 e. The van der Waals surface area contributed by atoms with Crippen LogP contribution in [0.3, 0.4) is 0 Å². The molecule has 0 unspecified atom stereocenters. The van der Waals surface area contributed by atoms with Crippen LogP contribution in [0.5, 0.6) is 0 Å². The Morgan fingerprint density at radius 2 is 2.17 bits per heavy atom. The second kappa shape index (κ2) is 3.25. The Labute approximate surface area is 69.5 Å². The van der Waals surface area contributed by atoms with Gasteiger partial charge < -0.3 is 24.8 Å². The van der Waals surface area contributed by atoms with Gasteiger partial charge in [-0.25, -0.2) is 0 Å². The standard InChI is InChI=1S/C6H13NO5/c1-11-5-4(9)6(7,10)3(8)2-12-5/h3-5,8-10H,2,7H2,1H3/t3-,4+,5+,6+/m1/s1. The molecule has 0 aliphatic carbocycles. The van der Waals surface area contributed by atoms with Crippen LogP contribution in [0.25, 0.3) is 0 Å². The van der Waals surface area contributed by atoms with Crippen molar-refractivity contribution in [2.75, 3.05) is 13.7 Å². The van der Waals surface area contributed by atoms with E-state index in [-0.39, 0.29) is 6.61 Å². The Bertz CT molecular complexity index is 162. The minimum absolute atomic E-state index is 0.164. The van der Waals surface area contributed by atoms with E-state index in [1.807, 2.05) is 0 Å². The fraction of sp³-hybridized carbons (Fsp3) is 1.00. The minimum Gasteiger partial charge on any atom is -0.386 e. The fourth-order valence-corrected chi connectivity index (χ4v) is 1.02. The molecule has 0 saturated carbocycles. The predicted octanol–water partition coefficient (Wildman–Crippen LogP) is -2.64. The summed E-state index contributed by atoms with van der Waals surface area (Å²) in [5.41, 5.74) is 3.16. The number of hydrogen-bond donors (Lipinski definition) is 4. The zero-order valence-corrected chi connectivity index (χ0v) is 6.67. The highest BCUT2D eigenvalue weighted by atomic mass is 16.7. The second-order valence-corrected chi connectivity index (χ2v) is 2.79. The van der Waals surface area contributed by atoms with Crippen LogP contribution in [0.15, 0.2) is 0 Å². The summed E-state index contributed by atoms with van der Waals surface area (Å²) in [6.45, 7) is -0.164. The topological polar surface area (TPSA) is 105 Å². The lowest BCUT2D eigenvalue weighted by molar-refractivity contribution is -0.297. The molecule has 1 aliphatic heterocycles. The first-order chi connectivity index (χ1) is 5.50. The van der Waals surface area contributed by atoms with Crippen molar-refractivity contribution in [1.82, 2.24) is 0 Å². The van der Waals surface area contributed by atoms with Crippen LogP contribution < -0.4 is 5.73 Å². The lowest BCUT2D eigenvalue weighted by atomic mass is 9.98. The first-order valence-electron chi connectivity index (χ1n) is 3.52. The van der Waals surface area contributed by atoms with E-state index in [2.05, 4.69) is 4.74 Å². The van der Waals surface area contributed by atoms with Crippen molar-refractivity contribution in [1.29, 1.82) is 0 Å². The smallest absolute Gasteiger partial charge is 0.187 e. The van der Waals surface area contributed by atoms with Crippen molar-refractivity contribution in [2.24, 2.45) is 5.73 Å². The summed E-state index contributed by atoms with van der Waals surface area (Å²) in [7, 11) is 1.31. The zero-order chi connectivity index (χ0) is 9.35. The number of methoxy groups -OCH3 is 1. The van der Waals surface area contributed by atoms with Gasteiger partial charge in [0.05, 0.1) is 6.61 Å². The molecule has 72 valence electrons. The lowest BCUT2D eigenvalue weighted by Gasteiger charge is -2.41. The molecule has 6 nitrogen and oxygen atoms in total. The summed E-state index contributed by atoms with van der Waals surface area (Å²) in [5, 5.41) is 27.7. The van der Waals surface area contributed by atoms with E-state index in [9.17, 15) is 10.2 Å². The molecule has 0 aromatic heterocycles. The molecule has 4 atom stereocenters. The highest BCUT2D eigenvalue weighted by Crippen LogP contribution is 2.21. The zero-order valence-electron chi connectivity index (χ0n) is 6.67. The molecular formula is C6H13NO5. The van der Waals surface area contributed by atoms with Crippen molar-refractivity contribution < 1.29 is 24.8 Å². The first kappa shape index (κ1) is 9.85. The molecule has 1 saturated heterocycles. The summed E-state index contributed by atoms with van der Waals surface area (Å²) in [5.74, 6) is 0. The summed E-state index contributed by atoms with van der Waals surface area (Å²) in [6, 6.07) is 0. The number of aliphatic hydroxyl groups is 3. The Morgan fingerprint density at radius 1 is 1.58 bits per heavy atom. The fourth-order valence-electron chi connectivity index (χ4n) is 1.02. The van der Waals surface area contributed by atoms with Gasteiger partial charge in [0.15, 0.2) is 12.0 Å². The van der Waals surface area contributed by atoms with Crippen molar-refractivity contribution >= 4 is 0 Å². The van der Waals surface area contributed by atoms with Crippen molar-refractivity contribution in [3.8, 4) is 0 Å². The number of aliphatic hydroxyl groups excluding tert-OH is 2. The Morgan fingerprint density at radius 3 is 2.67 bits per heavy atom. The first-order valence-corrected chi connectivity index (χ1v) is 3.52. The lowest BCUT2D eigenvalue weighted by Crippen LogP contribution is -2.68. The van der Waals surface area contributed by atoms with E-state index in [4.69, 9.17) is 15.6 Å². The molecule has 5 N–H and O–H groups in total. The highest BCUT2D eigenvalue weighted by molar-refractivity contribution is 4.92. The van der Waals surface area contributed by atoms with Crippen LogP contribution in [0.1, 0.15) is 0 Å². The second-order valence-electron chi connectivity index (χ2n) is 2.79. The number of hydrogen-bond acceptors (Lipinski definition) is 6. The minimum atomic E-state index is -2.07. The normalized spacial score (nSPS) is 49.2. The van der Waals surface area contributed by atoms with Gasteiger partial charge in [0.2, 0.25) is 0 Å². The van der Waals surface area contributed by atoms with Crippen LogP contribution in [-0.4, -0.2) is 53.3 Å². The third kappa shape index (κ3) is 1.45. The maximum Gasteiger partial charge on any atom is 0.187 e. The molecule has 0 bridgehead atoms. The van der Waals surface area contributed by atoms with Gasteiger partial charge in [0, 0.05) is 7.11 Å². The van der Waals surface area contributed by atoms with Crippen LogP contribution in [-0.2, 0) is 9.47 Å². The quantitative estimate of drug-likeness (QED) is 0.328. The molecular weight excluding hydrogens is 166 g/mol. The molecule has 0 spiro atoms. The van der Waals surface area contributed by atoms with Gasteiger partial charge in [-0.05, 0) is 0 Å². The molecule has 0 aromatic rings. The molecule has 6 heteroatoms. The Hall–Kier alpha value is -0.240. The Balaban J connectivity index is 2.71. The van der Waals surface area contributed by atoms with E-state index in [0.717, 1.165) is 0 Å². The van der Waals surface area contributed by atoms with Crippen molar-refractivity contribution in [3.05, 3.63) is 0 Å². The van der Waals surface area contributed by atoms with Crippen LogP contribution in [0.2, 0.25) is 0 Å². The monoisotopic (exact) mass is 179 g/mol. The van der Waals surface area contributed by atoms with E-state index in [1.54, 1.807) is 0 Å². The highest BCUT2D eigenvalue weighted by Gasteiger charge is 2.48. The Kier molecular flexibility index (Phi) is 2.67. The van der Waals surface area contributed by atoms with E-state index in [0.29, 0.717) is 0 Å². The molecule has 12 heavy (non-hydrogen) atoms. The number of nitrogens with two attached hydrogens (primary N) is 1. The van der Waals surface area contributed by atoms with Gasteiger partial charge in [-0.1, -0.05) is 0 Å². The van der Waals surface area contributed by atoms with Crippen LogP contribution in [0, 0.1) is 0 Å². The summed E-state index contributed by atoms with van der Waals surface area (Å²) >= 11 is 0. The van der Waals surface area contributed by atoms with E-state index in [1.165, 1.54) is 7.11 Å². The number of ether oxygens (including phenoxy) is 2. The van der Waals surface area contributed by atoms with Gasteiger partial charge in [-0.2, -0.15) is 0 Å². The third-order valence-electron chi connectivity index (χ3n) is 1.92. The molecule has 1 fully saturated rings. The number of rotatable bonds is 1. The van der Waals surface area contributed by atoms with Crippen LogP contribution in [0.4, 0.5) is 0 Å². The molecule has 1 aliphatic rings. The average Bonchev–Trinajstić information content (AvgIpc) is 2.02. The summed E-state index contributed by atoms with van der Waals surface area (Å²) in [6.07, 6.45) is -3.76. The molecule has 0 amide bonds. The molecule has 0 radical (unpaired) electrons.